The van der Waals surface area contributed by atoms with E-state index in [4.69, 9.17) is 4.74 Å². The Morgan fingerprint density at radius 2 is 2.05 bits per heavy atom. The van der Waals surface area contributed by atoms with Crippen molar-refractivity contribution in [2.24, 2.45) is 0 Å². The van der Waals surface area contributed by atoms with E-state index in [9.17, 15) is 4.39 Å². The first-order chi connectivity index (χ1) is 9.17. The molecular formula is C13H9FIN3O. The molecule has 0 radical (unpaired) electrons. The van der Waals surface area contributed by atoms with Gasteiger partial charge >= 0.3 is 0 Å². The minimum Gasteiger partial charge on any atom is -0.481 e. The Bertz CT molecular complexity index is 757. The molecular weight excluding hydrogens is 360 g/mol. The second-order valence-corrected chi connectivity index (χ2v) is 5.10. The Morgan fingerprint density at radius 3 is 2.79 bits per heavy atom. The van der Waals surface area contributed by atoms with Gasteiger partial charge in [0.2, 0.25) is 5.88 Å². The summed E-state index contributed by atoms with van der Waals surface area (Å²) in [6.07, 6.45) is 0. The normalized spacial score (nSPS) is 10.9. The predicted molar refractivity (Wildman–Crippen MR) is 78.6 cm³/mol. The molecule has 19 heavy (non-hydrogen) atoms. The Labute approximate surface area is 122 Å². The number of rotatable bonds is 2. The maximum absolute atomic E-state index is 13.1. The van der Waals surface area contributed by atoms with Crippen molar-refractivity contribution in [3.63, 3.8) is 0 Å². The summed E-state index contributed by atoms with van der Waals surface area (Å²) in [5, 5.41) is 0. The third-order valence-electron chi connectivity index (χ3n) is 2.72. The molecule has 0 spiro atoms. The van der Waals surface area contributed by atoms with Crippen LogP contribution in [-0.2, 0) is 0 Å². The molecule has 0 aliphatic carbocycles. The Hall–Kier alpha value is -1.70. The molecule has 0 amide bonds. The number of nitrogens with one attached hydrogen (secondary N) is 1. The lowest BCUT2D eigenvalue weighted by molar-refractivity contribution is 0.399. The van der Waals surface area contributed by atoms with Crippen molar-refractivity contribution in [3.8, 4) is 17.3 Å². The van der Waals surface area contributed by atoms with E-state index in [0.717, 1.165) is 14.7 Å². The molecule has 96 valence electrons. The number of aromatic amines is 1. The molecule has 2 heterocycles. The Kier molecular flexibility index (Phi) is 3.09. The quantitative estimate of drug-likeness (QED) is 0.705. The maximum Gasteiger partial charge on any atom is 0.215 e. The highest BCUT2D eigenvalue weighted by Gasteiger charge is 2.10. The van der Waals surface area contributed by atoms with Crippen LogP contribution in [0.15, 0.2) is 30.3 Å². The van der Waals surface area contributed by atoms with E-state index in [1.807, 2.05) is 6.07 Å². The fourth-order valence-corrected chi connectivity index (χ4v) is 2.53. The van der Waals surface area contributed by atoms with Crippen molar-refractivity contribution in [1.82, 2.24) is 15.0 Å². The minimum absolute atomic E-state index is 0.260. The number of methoxy groups -OCH3 is 1. The van der Waals surface area contributed by atoms with Crippen molar-refractivity contribution in [1.29, 1.82) is 0 Å². The molecule has 3 aromatic rings. The fraction of sp³-hybridized carbons (Fsp3) is 0.0769. The van der Waals surface area contributed by atoms with Gasteiger partial charge < -0.3 is 9.72 Å². The molecule has 0 fully saturated rings. The van der Waals surface area contributed by atoms with Crippen LogP contribution in [0.2, 0.25) is 0 Å². The van der Waals surface area contributed by atoms with Crippen LogP contribution in [0.1, 0.15) is 0 Å². The highest BCUT2D eigenvalue weighted by molar-refractivity contribution is 14.1. The molecule has 1 N–H and O–H groups in total. The number of nitrogens with zero attached hydrogens (tertiary/aromatic N) is 2. The zero-order valence-corrected chi connectivity index (χ0v) is 12.1. The number of hydrogen-bond donors (Lipinski definition) is 1. The van der Waals surface area contributed by atoms with E-state index in [-0.39, 0.29) is 5.82 Å². The number of benzene rings is 1. The van der Waals surface area contributed by atoms with Crippen LogP contribution in [0.25, 0.3) is 22.6 Å². The SMILES string of the molecule is COc1ccc2[nH]c(-c3ccc(F)cc3I)nc2n1. The number of imidazole rings is 1. The number of ether oxygens (including phenoxy) is 1. The van der Waals surface area contributed by atoms with Gasteiger partial charge in [0, 0.05) is 15.2 Å². The topological polar surface area (TPSA) is 50.8 Å². The lowest BCUT2D eigenvalue weighted by atomic mass is 10.2. The van der Waals surface area contributed by atoms with Gasteiger partial charge in [-0.25, -0.2) is 9.37 Å². The number of hydrogen-bond acceptors (Lipinski definition) is 3. The third-order valence-corrected chi connectivity index (χ3v) is 3.61. The summed E-state index contributed by atoms with van der Waals surface area (Å²) >= 11 is 2.08. The highest BCUT2D eigenvalue weighted by Crippen LogP contribution is 2.26. The summed E-state index contributed by atoms with van der Waals surface area (Å²) in [4.78, 5) is 11.8. The number of H-pyrrole nitrogens is 1. The Morgan fingerprint density at radius 1 is 1.21 bits per heavy atom. The molecule has 0 aliphatic heterocycles. The van der Waals surface area contributed by atoms with Gasteiger partial charge in [-0.2, -0.15) is 4.98 Å². The zero-order chi connectivity index (χ0) is 13.4. The summed E-state index contributed by atoms with van der Waals surface area (Å²) in [6.45, 7) is 0. The van der Waals surface area contributed by atoms with Gasteiger partial charge in [-0.15, -0.1) is 0 Å². The van der Waals surface area contributed by atoms with Crippen LogP contribution >= 0.6 is 22.6 Å². The lowest BCUT2D eigenvalue weighted by Gasteiger charge is -2.00. The van der Waals surface area contributed by atoms with Gasteiger partial charge in [-0.05, 0) is 46.9 Å². The lowest BCUT2D eigenvalue weighted by Crippen LogP contribution is -1.87. The molecule has 2 aromatic heterocycles. The number of pyridine rings is 1. The summed E-state index contributed by atoms with van der Waals surface area (Å²) in [5.41, 5.74) is 2.24. The van der Waals surface area contributed by atoms with Gasteiger partial charge in [0.1, 0.15) is 11.6 Å². The van der Waals surface area contributed by atoms with Crippen LogP contribution in [0.3, 0.4) is 0 Å². The second-order valence-electron chi connectivity index (χ2n) is 3.93. The molecule has 3 rings (SSSR count). The van der Waals surface area contributed by atoms with Crippen LogP contribution < -0.4 is 4.74 Å². The number of halogens is 2. The summed E-state index contributed by atoms with van der Waals surface area (Å²) in [6, 6.07) is 8.20. The molecule has 0 saturated carbocycles. The molecule has 4 nitrogen and oxygen atoms in total. The van der Waals surface area contributed by atoms with E-state index in [1.54, 1.807) is 19.2 Å². The average Bonchev–Trinajstić information content (AvgIpc) is 2.80. The van der Waals surface area contributed by atoms with Gasteiger partial charge in [0.05, 0.1) is 12.6 Å². The van der Waals surface area contributed by atoms with E-state index in [1.165, 1.54) is 12.1 Å². The largest absolute Gasteiger partial charge is 0.481 e. The first kappa shape index (κ1) is 12.3. The summed E-state index contributed by atoms with van der Waals surface area (Å²) in [7, 11) is 1.56. The number of fused-ring (bicyclic) bond motifs is 1. The van der Waals surface area contributed by atoms with Crippen LogP contribution in [0, 0.1) is 9.39 Å². The summed E-state index contributed by atoms with van der Waals surface area (Å²) < 4.78 is 19.0. The number of aromatic nitrogens is 3. The molecule has 0 unspecified atom stereocenters. The standard InChI is InChI=1S/C13H9FIN3O/c1-19-11-5-4-10-13(17-11)18-12(16-10)8-3-2-7(14)6-9(8)15/h2-6H,1H3,(H,16,17,18). The van der Waals surface area contributed by atoms with Crippen molar-refractivity contribution in [2.45, 2.75) is 0 Å². The molecule has 0 aliphatic rings. The van der Waals surface area contributed by atoms with E-state index < -0.39 is 0 Å². The molecule has 6 heteroatoms. The molecule has 0 saturated heterocycles. The second kappa shape index (κ2) is 4.76. The van der Waals surface area contributed by atoms with Crippen LogP contribution in [0.5, 0.6) is 5.88 Å². The van der Waals surface area contributed by atoms with E-state index in [0.29, 0.717) is 17.4 Å². The van der Waals surface area contributed by atoms with Gasteiger partial charge in [-0.1, -0.05) is 0 Å². The fourth-order valence-electron chi connectivity index (χ4n) is 1.80. The van der Waals surface area contributed by atoms with Gasteiger partial charge in [-0.3, -0.25) is 0 Å². The van der Waals surface area contributed by atoms with Gasteiger partial charge in [0.15, 0.2) is 5.65 Å². The average molecular weight is 369 g/mol. The molecule has 1 aromatic carbocycles. The predicted octanol–water partition coefficient (Wildman–Crippen LogP) is 3.38. The third kappa shape index (κ3) is 2.27. The molecule has 0 atom stereocenters. The van der Waals surface area contributed by atoms with Crippen molar-refractivity contribution in [3.05, 3.63) is 39.7 Å². The summed E-state index contributed by atoms with van der Waals surface area (Å²) in [5.74, 6) is 0.920. The van der Waals surface area contributed by atoms with Gasteiger partial charge in [0.25, 0.3) is 0 Å². The first-order valence-corrected chi connectivity index (χ1v) is 6.61. The molecule has 0 bridgehead atoms. The van der Waals surface area contributed by atoms with Crippen molar-refractivity contribution >= 4 is 33.8 Å². The van der Waals surface area contributed by atoms with Crippen LogP contribution in [-0.4, -0.2) is 22.1 Å². The van der Waals surface area contributed by atoms with Crippen molar-refractivity contribution in [2.75, 3.05) is 7.11 Å². The maximum atomic E-state index is 13.1. The first-order valence-electron chi connectivity index (χ1n) is 5.53. The van der Waals surface area contributed by atoms with Crippen molar-refractivity contribution < 1.29 is 9.13 Å². The highest BCUT2D eigenvalue weighted by atomic mass is 127. The monoisotopic (exact) mass is 369 g/mol. The van der Waals surface area contributed by atoms with E-state index >= 15 is 0 Å². The Balaban J connectivity index is 2.14. The van der Waals surface area contributed by atoms with Crippen LogP contribution in [0.4, 0.5) is 4.39 Å². The minimum atomic E-state index is -0.260. The zero-order valence-electron chi connectivity index (χ0n) is 9.95. The van der Waals surface area contributed by atoms with E-state index in [2.05, 4.69) is 37.5 Å². The smallest absolute Gasteiger partial charge is 0.215 e.